The average Bonchev–Trinajstić information content (AvgIpc) is 4.45. The predicted octanol–water partition coefficient (Wildman–Crippen LogP) is 7.19. The largest absolute Gasteiger partial charge is 0.461 e. The van der Waals surface area contributed by atoms with Crippen molar-refractivity contribution in [1.82, 2.24) is 44.1 Å². The number of carbonyl (C=O) groups excluding carboxylic acids is 3. The molecule has 412 valence electrons. The van der Waals surface area contributed by atoms with Crippen LogP contribution in [0, 0.1) is 35.8 Å². The minimum absolute atomic E-state index is 0.00426. The quantitative estimate of drug-likeness (QED) is 0.0985. The molecule has 6 aliphatic heterocycles. The van der Waals surface area contributed by atoms with Crippen molar-refractivity contribution in [3.05, 3.63) is 88.0 Å². The van der Waals surface area contributed by atoms with Crippen LogP contribution in [-0.2, 0) is 21.4 Å². The molecule has 6 aromatic rings. The molecule has 6 saturated heterocycles. The first kappa shape index (κ1) is 51.4. The Balaban J connectivity index is 0.635. The molecule has 4 unspecified atom stereocenters. The number of pyridine rings is 1. The number of aryl methyl sites for hydroxylation is 1. The molecule has 2 N–H and O–H groups in total. The summed E-state index contributed by atoms with van der Waals surface area (Å²) in [6.45, 7) is 7.69. The van der Waals surface area contributed by atoms with E-state index in [4.69, 9.17) is 25.9 Å². The number of ether oxygens (including phenoxy) is 2. The fraction of sp³-hybridized carbons (Fsp3) is 0.517. The van der Waals surface area contributed by atoms with Crippen LogP contribution >= 0.6 is 0 Å². The number of nitrogens with one attached hydrogen (secondary N) is 1. The first-order valence-electron chi connectivity index (χ1n) is 28.3. The molecule has 1 aliphatic carbocycles. The number of aliphatic hydroxyl groups is 1. The second-order valence-corrected chi connectivity index (χ2v) is 23.9. The van der Waals surface area contributed by atoms with E-state index < -0.39 is 29.2 Å². The van der Waals surface area contributed by atoms with Gasteiger partial charge in [-0.1, -0.05) is 36.3 Å². The van der Waals surface area contributed by atoms with E-state index in [9.17, 15) is 24.3 Å². The zero-order chi connectivity index (χ0) is 54.5. The van der Waals surface area contributed by atoms with Crippen LogP contribution in [0.1, 0.15) is 107 Å². The second-order valence-electron chi connectivity index (χ2n) is 23.9. The van der Waals surface area contributed by atoms with Crippen LogP contribution in [0.3, 0.4) is 0 Å². The Kier molecular flexibility index (Phi) is 13.0. The number of benzene rings is 3. The smallest absolute Gasteiger partial charge is 0.410 e. The summed E-state index contributed by atoms with van der Waals surface area (Å²) in [5.74, 6) is 2.13. The number of imidazole rings is 1. The number of fused-ring (bicyclic) bond motifs is 6. The van der Waals surface area contributed by atoms with Crippen molar-refractivity contribution in [3.8, 4) is 29.6 Å². The van der Waals surface area contributed by atoms with Gasteiger partial charge >= 0.3 is 17.8 Å². The number of nitrogens with zero attached hydrogens (tertiary/aromatic N) is 9. The molecule has 7 fully saturated rings. The molecule has 7 atom stereocenters. The number of piperidine rings is 4. The number of anilines is 1. The molecule has 1 saturated carbocycles. The Morgan fingerprint density at radius 1 is 0.962 bits per heavy atom. The summed E-state index contributed by atoms with van der Waals surface area (Å²) >= 11 is 0. The number of rotatable bonds is 11. The number of halogens is 2. The monoisotopic (exact) mass is 1080 g/mol. The topological polar surface area (TPSA) is 180 Å². The van der Waals surface area contributed by atoms with E-state index in [1.165, 1.54) is 22.4 Å². The van der Waals surface area contributed by atoms with Gasteiger partial charge in [-0.3, -0.25) is 33.9 Å². The van der Waals surface area contributed by atoms with E-state index in [1.54, 1.807) is 42.8 Å². The fourth-order valence-electron chi connectivity index (χ4n) is 15.0. The Morgan fingerprint density at radius 3 is 2.58 bits per heavy atom. The van der Waals surface area contributed by atoms with E-state index >= 15 is 8.78 Å². The van der Waals surface area contributed by atoms with Crippen molar-refractivity contribution in [3.63, 3.8) is 0 Å². The van der Waals surface area contributed by atoms with E-state index in [2.05, 4.69) is 38.2 Å². The van der Waals surface area contributed by atoms with E-state index in [1.807, 2.05) is 15.9 Å². The number of carbonyl (C=O) groups is 3. The zero-order valence-electron chi connectivity index (χ0n) is 44.8. The zero-order valence-corrected chi connectivity index (χ0v) is 44.8. The summed E-state index contributed by atoms with van der Waals surface area (Å²) in [6.07, 6.45) is 16.4. The minimum atomic E-state index is -0.991. The van der Waals surface area contributed by atoms with E-state index in [0.29, 0.717) is 83.2 Å². The third-order valence-corrected chi connectivity index (χ3v) is 19.0. The van der Waals surface area contributed by atoms with Crippen molar-refractivity contribution in [1.29, 1.82) is 0 Å². The van der Waals surface area contributed by atoms with Crippen molar-refractivity contribution in [2.24, 2.45) is 18.9 Å². The lowest BCUT2D eigenvalue weighted by molar-refractivity contribution is -0.135. The van der Waals surface area contributed by atoms with Gasteiger partial charge in [0, 0.05) is 68.9 Å². The molecule has 19 heteroatoms. The maximum atomic E-state index is 17.2. The summed E-state index contributed by atoms with van der Waals surface area (Å²) in [4.78, 5) is 74.8. The highest BCUT2D eigenvalue weighted by atomic mass is 19.1. The number of hydrogen-bond acceptors (Lipinski definition) is 13. The summed E-state index contributed by atoms with van der Waals surface area (Å²) in [7, 11) is 1.74. The predicted molar refractivity (Wildman–Crippen MR) is 292 cm³/mol. The van der Waals surface area contributed by atoms with Gasteiger partial charge in [-0.05, 0) is 144 Å². The summed E-state index contributed by atoms with van der Waals surface area (Å²) < 4.78 is 48.1. The van der Waals surface area contributed by atoms with Crippen LogP contribution in [0.25, 0.3) is 44.0 Å². The van der Waals surface area contributed by atoms with Gasteiger partial charge in [-0.25, -0.2) is 18.4 Å². The Labute approximate surface area is 456 Å². The van der Waals surface area contributed by atoms with Gasteiger partial charge in [0.1, 0.15) is 42.1 Å². The van der Waals surface area contributed by atoms with Crippen LogP contribution in [-0.4, -0.2) is 144 Å². The lowest BCUT2D eigenvalue weighted by Crippen LogP contribution is -2.49. The number of likely N-dealkylation sites (tertiary alicyclic amines) is 2. The Morgan fingerprint density at radius 2 is 1.80 bits per heavy atom. The summed E-state index contributed by atoms with van der Waals surface area (Å²) in [5, 5.41) is 14.9. The normalized spacial score (nSPS) is 27.6. The van der Waals surface area contributed by atoms with Crippen LogP contribution in [0.2, 0.25) is 0 Å². The Bertz CT molecular complexity index is 3570. The van der Waals surface area contributed by atoms with Gasteiger partial charge in [-0.2, -0.15) is 9.97 Å². The SMILES string of the molecule is C#Cc1c(F)ccc2cccc(-c3ncc4c(N5CCC[C@@](C)(O)C5)nc(OC[C@@]56CCCN5[C@H](COC(=O)N5CC7CC5CC7CN5CCC(c7ccc8c(c7)n(C)c(=O)n8C7CCC(=O)NC7=O)CC5)CC6)nc4c3F)c12. The molecule has 0 radical (unpaired) electrons. The van der Waals surface area contributed by atoms with E-state index in [0.717, 1.165) is 83.1 Å². The van der Waals surface area contributed by atoms with Gasteiger partial charge < -0.3 is 29.3 Å². The van der Waals surface area contributed by atoms with Crippen LogP contribution in [0.4, 0.5) is 19.4 Å². The molecule has 79 heavy (non-hydrogen) atoms. The number of hydrogen-bond donors (Lipinski definition) is 2. The van der Waals surface area contributed by atoms with Crippen LogP contribution in [0.5, 0.6) is 6.01 Å². The fourth-order valence-corrected chi connectivity index (χ4v) is 15.0. The van der Waals surface area contributed by atoms with Crippen molar-refractivity contribution >= 4 is 56.4 Å². The summed E-state index contributed by atoms with van der Waals surface area (Å²) in [5.41, 5.74) is 1.42. The lowest BCUT2D eigenvalue weighted by atomic mass is 9.87. The lowest BCUT2D eigenvalue weighted by Gasteiger charge is -2.38. The third kappa shape index (κ3) is 9.07. The summed E-state index contributed by atoms with van der Waals surface area (Å²) in [6, 6.07) is 13.8. The highest BCUT2D eigenvalue weighted by molar-refractivity contribution is 6.02. The number of imide groups is 1. The third-order valence-electron chi connectivity index (χ3n) is 19.0. The molecule has 2 bridgehead atoms. The molecule has 3 aromatic carbocycles. The van der Waals surface area contributed by atoms with Gasteiger partial charge in [0.05, 0.1) is 33.1 Å². The molecule has 3 amide bonds. The molecular formula is C60H66F2N10O7. The van der Waals surface area contributed by atoms with Crippen molar-refractivity contribution in [2.75, 3.05) is 63.9 Å². The first-order valence-corrected chi connectivity index (χ1v) is 28.3. The van der Waals surface area contributed by atoms with Crippen LogP contribution in [0.15, 0.2) is 59.5 Å². The first-order chi connectivity index (χ1) is 38.2. The Hall–Kier alpha value is -7.01. The number of β-amino-alcohol motifs (C(OH)–C–C–N with tert-alkyl or cyclic N) is 1. The highest BCUT2D eigenvalue weighted by Crippen LogP contribution is 2.46. The van der Waals surface area contributed by atoms with Gasteiger partial charge in [0.25, 0.3) is 0 Å². The second kappa shape index (κ2) is 20.0. The van der Waals surface area contributed by atoms with Gasteiger partial charge in [0.2, 0.25) is 11.8 Å². The highest BCUT2D eigenvalue weighted by Gasteiger charge is 2.52. The van der Waals surface area contributed by atoms with Crippen LogP contribution < -0.4 is 20.6 Å². The van der Waals surface area contributed by atoms with E-state index in [-0.39, 0.29) is 84.3 Å². The minimum Gasteiger partial charge on any atom is -0.461 e. The molecular weight excluding hydrogens is 1010 g/mol. The maximum absolute atomic E-state index is 17.2. The molecule has 13 rings (SSSR count). The molecule has 7 aliphatic rings. The van der Waals surface area contributed by atoms with Gasteiger partial charge in [-0.15, -0.1) is 6.42 Å². The number of amides is 3. The molecule has 9 heterocycles. The molecule has 17 nitrogen and oxygen atoms in total. The average molecular weight is 1080 g/mol. The molecule has 3 aromatic heterocycles. The number of terminal acetylenes is 1. The maximum Gasteiger partial charge on any atom is 0.410 e. The standard InChI is InChI=1S/C60H66F2N10O7/c1-4-42-45(61)12-10-36-8-5-9-43(50(36)42)52-51(62)53-44(29-63-52)54(69-22-6-19-59(2,77)33-69)66-56(65-53)79-34-60-20-7-23-71(60)40(16-21-60)32-78-58(76)70-31-39-27-41(70)26-38(39)30-68-24-17-35(18-25-68)37-11-13-46-48(28-37)67(3)57(75)72(46)47-14-15-49(73)64-55(47)74/h1,5,8-13,28-29,35,38-41,47,77H,6-7,14-27,30-34H2,2-3H3,(H,64,73,74)/t38?,39?,40-,41?,47?,59+,60-/m0/s1. The van der Waals surface area contributed by atoms with Gasteiger partial charge in [0.15, 0.2) is 5.82 Å². The number of aromatic nitrogens is 5. The van der Waals surface area contributed by atoms with Crippen molar-refractivity contribution in [2.45, 2.75) is 119 Å². The van der Waals surface area contributed by atoms with Crippen molar-refractivity contribution < 1.29 is 37.7 Å². The molecule has 0 spiro atoms.